The van der Waals surface area contributed by atoms with Crippen molar-refractivity contribution in [1.29, 1.82) is 0 Å². The molecule has 1 aromatic heterocycles. The summed E-state index contributed by atoms with van der Waals surface area (Å²) in [6.07, 6.45) is 1.72. The summed E-state index contributed by atoms with van der Waals surface area (Å²) >= 11 is 1.57. The van der Waals surface area contributed by atoms with E-state index in [1.165, 1.54) is 17.7 Å². The van der Waals surface area contributed by atoms with Crippen LogP contribution in [0.5, 0.6) is 0 Å². The largest absolute Gasteiger partial charge is 0.340 e. The van der Waals surface area contributed by atoms with Crippen molar-refractivity contribution in [3.05, 3.63) is 87.6 Å². The molecule has 2 aromatic carbocycles. The van der Waals surface area contributed by atoms with Crippen LogP contribution in [0.3, 0.4) is 0 Å². The highest BCUT2D eigenvalue weighted by Crippen LogP contribution is 2.28. The van der Waals surface area contributed by atoms with Crippen molar-refractivity contribution in [3.63, 3.8) is 0 Å². The Labute approximate surface area is 187 Å². The topological polar surface area (TPSA) is 75.3 Å². The standard InChI is InChI=1S/C24H26N2O3S2/c1-16(2)17-8-10-18(11-9-17)23(22-7-4-14-30-22)25-24(27)19-5-3-6-21(15-19)31(28,29)26-20-12-13-20/h3-11,14-16,20,23,26H,12-13H2,1-2H3,(H,25,27)/t23-/m0/s1. The predicted octanol–water partition coefficient (Wildman–Crippen LogP) is 4.83. The molecule has 3 aromatic rings. The van der Waals surface area contributed by atoms with Gasteiger partial charge in [-0.1, -0.05) is 50.2 Å². The number of hydrogen-bond acceptors (Lipinski definition) is 4. The quantitative estimate of drug-likeness (QED) is 0.512. The normalized spacial score (nSPS) is 15.1. The molecule has 162 valence electrons. The lowest BCUT2D eigenvalue weighted by molar-refractivity contribution is 0.0943. The van der Waals surface area contributed by atoms with Gasteiger partial charge in [-0.2, -0.15) is 0 Å². The van der Waals surface area contributed by atoms with Gasteiger partial charge in [-0.3, -0.25) is 4.79 Å². The molecule has 0 radical (unpaired) electrons. The molecule has 0 saturated heterocycles. The lowest BCUT2D eigenvalue weighted by Gasteiger charge is -2.19. The molecule has 0 bridgehead atoms. The van der Waals surface area contributed by atoms with Crippen LogP contribution < -0.4 is 10.0 Å². The molecule has 1 aliphatic rings. The molecule has 5 nitrogen and oxygen atoms in total. The smallest absolute Gasteiger partial charge is 0.252 e. The van der Waals surface area contributed by atoms with Gasteiger partial charge in [0.25, 0.3) is 5.91 Å². The second-order valence-corrected chi connectivity index (χ2v) is 10.9. The Balaban J connectivity index is 1.59. The van der Waals surface area contributed by atoms with Crippen LogP contribution in [0.2, 0.25) is 0 Å². The van der Waals surface area contributed by atoms with Crippen LogP contribution in [0.15, 0.2) is 70.9 Å². The van der Waals surface area contributed by atoms with Crippen LogP contribution in [0, 0.1) is 0 Å². The van der Waals surface area contributed by atoms with Crippen LogP contribution in [0.25, 0.3) is 0 Å². The first-order valence-corrected chi connectivity index (χ1v) is 12.8. The average molecular weight is 455 g/mol. The number of carbonyl (C=O) groups excluding carboxylic acids is 1. The lowest BCUT2D eigenvalue weighted by atomic mass is 9.98. The van der Waals surface area contributed by atoms with Gasteiger partial charge in [0, 0.05) is 16.5 Å². The second-order valence-electron chi connectivity index (χ2n) is 8.17. The average Bonchev–Trinajstić information content (AvgIpc) is 3.39. The fraction of sp³-hybridized carbons (Fsp3) is 0.292. The summed E-state index contributed by atoms with van der Waals surface area (Å²) in [5.74, 6) is 0.118. The van der Waals surface area contributed by atoms with Crippen LogP contribution in [-0.2, 0) is 10.0 Å². The Morgan fingerprint density at radius 2 is 1.71 bits per heavy atom. The van der Waals surface area contributed by atoms with Crippen LogP contribution in [0.1, 0.15) is 65.0 Å². The van der Waals surface area contributed by atoms with Gasteiger partial charge in [0.2, 0.25) is 10.0 Å². The van der Waals surface area contributed by atoms with Crippen molar-refractivity contribution in [2.75, 3.05) is 0 Å². The minimum absolute atomic E-state index is 0.0134. The van der Waals surface area contributed by atoms with E-state index < -0.39 is 10.0 Å². The van der Waals surface area contributed by atoms with Gasteiger partial charge < -0.3 is 5.32 Å². The molecule has 1 aliphatic carbocycles. The van der Waals surface area contributed by atoms with Crippen molar-refractivity contribution >= 4 is 27.3 Å². The molecular formula is C24H26N2O3S2. The molecule has 2 N–H and O–H groups in total. The molecule has 1 atom stereocenters. The van der Waals surface area contributed by atoms with Gasteiger partial charge in [-0.15, -0.1) is 11.3 Å². The highest BCUT2D eigenvalue weighted by molar-refractivity contribution is 7.89. The van der Waals surface area contributed by atoms with Gasteiger partial charge in [0.05, 0.1) is 10.9 Å². The number of carbonyl (C=O) groups is 1. The van der Waals surface area contributed by atoms with E-state index in [0.29, 0.717) is 11.5 Å². The molecule has 4 rings (SSSR count). The van der Waals surface area contributed by atoms with E-state index in [1.54, 1.807) is 23.5 Å². The summed E-state index contributed by atoms with van der Waals surface area (Å²) in [6, 6.07) is 18.1. The van der Waals surface area contributed by atoms with Crippen molar-refractivity contribution in [3.8, 4) is 0 Å². The van der Waals surface area contributed by atoms with E-state index in [0.717, 1.165) is 23.3 Å². The number of amides is 1. The maximum absolute atomic E-state index is 13.1. The third-order valence-electron chi connectivity index (χ3n) is 5.35. The number of benzene rings is 2. The summed E-state index contributed by atoms with van der Waals surface area (Å²) in [7, 11) is -3.62. The zero-order valence-electron chi connectivity index (χ0n) is 17.5. The molecule has 0 aliphatic heterocycles. The van der Waals surface area contributed by atoms with Crippen LogP contribution >= 0.6 is 11.3 Å². The zero-order valence-corrected chi connectivity index (χ0v) is 19.2. The predicted molar refractivity (Wildman–Crippen MR) is 124 cm³/mol. The molecule has 1 saturated carbocycles. The Morgan fingerprint density at radius 1 is 1.00 bits per heavy atom. The number of rotatable bonds is 8. The Hall–Kier alpha value is -2.48. The van der Waals surface area contributed by atoms with Gasteiger partial charge in [-0.05, 0) is 59.5 Å². The highest BCUT2D eigenvalue weighted by atomic mass is 32.2. The first-order valence-electron chi connectivity index (χ1n) is 10.4. The molecule has 0 unspecified atom stereocenters. The van der Waals surface area contributed by atoms with Gasteiger partial charge in [0.1, 0.15) is 0 Å². The van der Waals surface area contributed by atoms with Crippen molar-refractivity contribution in [2.24, 2.45) is 0 Å². The van der Waals surface area contributed by atoms with E-state index in [-0.39, 0.29) is 22.9 Å². The first kappa shape index (κ1) is 21.7. The third kappa shape index (κ3) is 5.23. The molecule has 1 fully saturated rings. The van der Waals surface area contributed by atoms with E-state index >= 15 is 0 Å². The van der Waals surface area contributed by atoms with Gasteiger partial charge in [0.15, 0.2) is 0 Å². The van der Waals surface area contributed by atoms with Gasteiger partial charge >= 0.3 is 0 Å². The van der Waals surface area contributed by atoms with E-state index in [4.69, 9.17) is 0 Å². The maximum Gasteiger partial charge on any atom is 0.252 e. The summed E-state index contributed by atoms with van der Waals surface area (Å²) in [5.41, 5.74) is 2.54. The summed E-state index contributed by atoms with van der Waals surface area (Å²) < 4.78 is 27.7. The van der Waals surface area contributed by atoms with E-state index in [2.05, 4.69) is 36.0 Å². The molecular weight excluding hydrogens is 428 g/mol. The second kappa shape index (κ2) is 8.94. The van der Waals surface area contributed by atoms with Crippen LogP contribution in [-0.4, -0.2) is 20.4 Å². The maximum atomic E-state index is 13.1. The molecule has 0 spiro atoms. The third-order valence-corrected chi connectivity index (χ3v) is 7.80. The Bertz CT molecular complexity index is 1150. The number of sulfonamides is 1. The first-order chi connectivity index (χ1) is 14.8. The molecule has 1 amide bonds. The molecule has 7 heteroatoms. The van der Waals surface area contributed by atoms with E-state index in [1.807, 2.05) is 29.6 Å². The minimum atomic E-state index is -3.62. The summed E-state index contributed by atoms with van der Waals surface area (Å²) in [6.45, 7) is 4.29. The van der Waals surface area contributed by atoms with Crippen LogP contribution in [0.4, 0.5) is 0 Å². The van der Waals surface area contributed by atoms with E-state index in [9.17, 15) is 13.2 Å². The molecule has 1 heterocycles. The molecule has 31 heavy (non-hydrogen) atoms. The fourth-order valence-corrected chi connectivity index (χ4v) is 5.51. The number of hydrogen-bond donors (Lipinski definition) is 2. The minimum Gasteiger partial charge on any atom is -0.340 e. The Kier molecular flexibility index (Phi) is 6.27. The summed E-state index contributed by atoms with van der Waals surface area (Å²) in [4.78, 5) is 14.2. The van der Waals surface area contributed by atoms with Gasteiger partial charge in [-0.25, -0.2) is 13.1 Å². The Morgan fingerprint density at radius 3 is 2.32 bits per heavy atom. The SMILES string of the molecule is CC(C)c1ccc([C@H](NC(=O)c2cccc(S(=O)(=O)NC3CC3)c2)c2cccs2)cc1. The highest BCUT2D eigenvalue weighted by Gasteiger charge is 2.28. The number of nitrogens with one attached hydrogen (secondary N) is 2. The fourth-order valence-electron chi connectivity index (χ4n) is 3.36. The van der Waals surface area contributed by atoms with Crippen molar-refractivity contribution < 1.29 is 13.2 Å². The number of thiophene rings is 1. The van der Waals surface area contributed by atoms with Crippen molar-refractivity contribution in [1.82, 2.24) is 10.0 Å². The zero-order chi connectivity index (χ0) is 22.0. The lowest BCUT2D eigenvalue weighted by Crippen LogP contribution is -2.29. The van der Waals surface area contributed by atoms with Crippen molar-refractivity contribution in [2.45, 2.75) is 49.6 Å². The summed E-state index contributed by atoms with van der Waals surface area (Å²) in [5, 5.41) is 5.07. The monoisotopic (exact) mass is 454 g/mol.